The van der Waals surface area contributed by atoms with Gasteiger partial charge in [-0.1, -0.05) is 30.3 Å². The van der Waals surface area contributed by atoms with Crippen LogP contribution in [0.15, 0.2) is 64.9 Å². The molecule has 1 unspecified atom stereocenters. The van der Waals surface area contributed by atoms with Crippen LogP contribution in [0.4, 0.5) is 0 Å². The monoisotopic (exact) mass is 470 g/mol. The number of hydrogen-bond acceptors (Lipinski definition) is 5. The van der Waals surface area contributed by atoms with Crippen LogP contribution in [-0.4, -0.2) is 38.9 Å². The Morgan fingerprint density at radius 2 is 1.91 bits per heavy atom. The molecule has 2 heterocycles. The molecule has 1 atom stereocenters. The first-order valence-corrected chi connectivity index (χ1v) is 12.8. The number of thiophene rings is 1. The van der Waals surface area contributed by atoms with Crippen molar-refractivity contribution in [2.45, 2.75) is 37.2 Å². The van der Waals surface area contributed by atoms with Gasteiger partial charge in [-0.15, -0.1) is 11.3 Å². The molecule has 0 fully saturated rings. The van der Waals surface area contributed by atoms with E-state index >= 15 is 0 Å². The van der Waals surface area contributed by atoms with E-state index in [0.717, 1.165) is 17.5 Å². The molecule has 2 aromatic carbocycles. The smallest absolute Gasteiger partial charge is 0.254 e. The first-order valence-electron chi connectivity index (χ1n) is 10.4. The molecule has 0 aliphatic carbocycles. The maximum atomic E-state index is 13.7. The molecule has 0 bridgehead atoms. The summed E-state index contributed by atoms with van der Waals surface area (Å²) in [5, 5.41) is 2.06. The van der Waals surface area contributed by atoms with Gasteiger partial charge in [-0.25, -0.2) is 13.1 Å². The second kappa shape index (κ2) is 9.05. The molecule has 1 aliphatic rings. The highest BCUT2D eigenvalue weighted by atomic mass is 32.2. The Bertz CT molecular complexity index is 1220. The molecule has 8 heteroatoms. The standard InChI is InChI=1S/C24H26N2O4S2/c1-16(2)25-32(28,29)22-15-18(9-10-20(22)30-3)24(27)26-13-11-21-19(12-14-31-21)23(26)17-7-5-4-6-8-17/h4-10,12,14-16,23,25H,11,13H2,1-3H3. The van der Waals surface area contributed by atoms with Crippen LogP contribution in [0.25, 0.3) is 0 Å². The van der Waals surface area contributed by atoms with E-state index < -0.39 is 10.0 Å². The Balaban J connectivity index is 1.76. The summed E-state index contributed by atoms with van der Waals surface area (Å²) in [7, 11) is -2.42. The summed E-state index contributed by atoms with van der Waals surface area (Å²) in [6.07, 6.45) is 0.776. The van der Waals surface area contributed by atoms with Gasteiger partial charge < -0.3 is 9.64 Å². The number of fused-ring (bicyclic) bond motifs is 1. The third-order valence-electron chi connectivity index (χ3n) is 5.43. The van der Waals surface area contributed by atoms with Gasteiger partial charge in [0, 0.05) is 23.0 Å². The van der Waals surface area contributed by atoms with Crippen molar-refractivity contribution in [1.82, 2.24) is 9.62 Å². The molecule has 6 nitrogen and oxygen atoms in total. The maximum absolute atomic E-state index is 13.7. The van der Waals surface area contributed by atoms with Crippen molar-refractivity contribution in [3.05, 3.63) is 81.5 Å². The van der Waals surface area contributed by atoms with Crippen LogP contribution in [0.2, 0.25) is 0 Å². The minimum Gasteiger partial charge on any atom is -0.495 e. The highest BCUT2D eigenvalue weighted by Crippen LogP contribution is 2.39. The molecule has 1 aliphatic heterocycles. The Morgan fingerprint density at radius 1 is 1.16 bits per heavy atom. The van der Waals surface area contributed by atoms with Crippen LogP contribution in [0.1, 0.15) is 46.3 Å². The quantitative estimate of drug-likeness (QED) is 0.585. The molecule has 168 valence electrons. The number of nitrogens with zero attached hydrogens (tertiary/aromatic N) is 1. The molecule has 4 rings (SSSR count). The first-order chi connectivity index (χ1) is 15.3. The van der Waals surface area contributed by atoms with Gasteiger partial charge in [-0.05, 0) is 61.0 Å². The molecule has 0 saturated carbocycles. The molecule has 0 saturated heterocycles. The molecule has 0 radical (unpaired) electrons. The van der Waals surface area contributed by atoms with E-state index in [9.17, 15) is 13.2 Å². The average Bonchev–Trinajstić information content (AvgIpc) is 3.26. The number of rotatable bonds is 6. The van der Waals surface area contributed by atoms with E-state index in [1.54, 1.807) is 37.3 Å². The predicted octanol–water partition coefficient (Wildman–Crippen LogP) is 4.23. The van der Waals surface area contributed by atoms with Crippen molar-refractivity contribution >= 4 is 27.3 Å². The Hall–Kier alpha value is -2.68. The Morgan fingerprint density at radius 3 is 2.59 bits per heavy atom. The fourth-order valence-electron chi connectivity index (χ4n) is 4.09. The Kier molecular flexibility index (Phi) is 6.37. The van der Waals surface area contributed by atoms with Gasteiger partial charge in [-0.2, -0.15) is 0 Å². The van der Waals surface area contributed by atoms with Crippen LogP contribution < -0.4 is 9.46 Å². The minimum absolute atomic E-state index is 0.0379. The van der Waals surface area contributed by atoms with E-state index in [0.29, 0.717) is 12.1 Å². The zero-order valence-corrected chi connectivity index (χ0v) is 19.9. The summed E-state index contributed by atoms with van der Waals surface area (Å²) in [6.45, 7) is 4.05. The predicted molar refractivity (Wildman–Crippen MR) is 126 cm³/mol. The Labute approximate surface area is 192 Å². The second-order valence-corrected chi connectivity index (χ2v) is 10.7. The lowest BCUT2D eigenvalue weighted by atomic mass is 9.92. The summed E-state index contributed by atoms with van der Waals surface area (Å²) in [4.78, 5) is 16.8. The van der Waals surface area contributed by atoms with E-state index in [-0.39, 0.29) is 28.6 Å². The number of ether oxygens (including phenoxy) is 1. The number of carbonyl (C=O) groups excluding carboxylic acids is 1. The molecule has 1 N–H and O–H groups in total. The van der Waals surface area contributed by atoms with Crippen LogP contribution >= 0.6 is 11.3 Å². The highest BCUT2D eigenvalue weighted by molar-refractivity contribution is 7.89. The molecule has 1 aromatic heterocycles. The van der Waals surface area contributed by atoms with E-state index in [1.807, 2.05) is 35.2 Å². The fraction of sp³-hybridized carbons (Fsp3) is 0.292. The third kappa shape index (κ3) is 4.30. The molecule has 32 heavy (non-hydrogen) atoms. The van der Waals surface area contributed by atoms with Crippen LogP contribution in [0.3, 0.4) is 0 Å². The summed E-state index contributed by atoms with van der Waals surface area (Å²) >= 11 is 1.71. The van der Waals surface area contributed by atoms with Gasteiger partial charge in [0.15, 0.2) is 0 Å². The molecular formula is C24H26N2O4S2. The van der Waals surface area contributed by atoms with E-state index in [2.05, 4.69) is 16.2 Å². The first kappa shape index (κ1) is 22.5. The van der Waals surface area contributed by atoms with Gasteiger partial charge in [0.05, 0.1) is 13.2 Å². The van der Waals surface area contributed by atoms with Gasteiger partial charge in [-0.3, -0.25) is 4.79 Å². The van der Waals surface area contributed by atoms with Gasteiger partial charge in [0.25, 0.3) is 5.91 Å². The molecule has 1 amide bonds. The number of benzene rings is 2. The SMILES string of the molecule is COc1ccc(C(=O)N2CCc3sccc3C2c2ccccc2)cc1S(=O)(=O)NC(C)C. The fourth-order valence-corrected chi connectivity index (χ4v) is 6.44. The van der Waals surface area contributed by atoms with Gasteiger partial charge >= 0.3 is 0 Å². The zero-order valence-electron chi connectivity index (χ0n) is 18.2. The van der Waals surface area contributed by atoms with Crippen molar-refractivity contribution in [3.8, 4) is 5.75 Å². The summed E-state index contributed by atoms with van der Waals surface area (Å²) in [6, 6.07) is 16.1. The lowest BCUT2D eigenvalue weighted by Gasteiger charge is -2.36. The second-order valence-electron chi connectivity index (χ2n) is 8.00. The van der Waals surface area contributed by atoms with Crippen molar-refractivity contribution < 1.29 is 17.9 Å². The molecule has 3 aromatic rings. The average molecular weight is 471 g/mol. The molecular weight excluding hydrogens is 444 g/mol. The van der Waals surface area contributed by atoms with Crippen molar-refractivity contribution in [2.75, 3.05) is 13.7 Å². The lowest BCUT2D eigenvalue weighted by molar-refractivity contribution is 0.0696. The van der Waals surface area contributed by atoms with Gasteiger partial charge in [0.1, 0.15) is 10.6 Å². The van der Waals surface area contributed by atoms with Crippen LogP contribution in [0, 0.1) is 0 Å². The maximum Gasteiger partial charge on any atom is 0.254 e. The van der Waals surface area contributed by atoms with Crippen LogP contribution in [0.5, 0.6) is 5.75 Å². The summed E-state index contributed by atoms with van der Waals surface area (Å²) < 4.78 is 33.6. The third-order valence-corrected chi connectivity index (χ3v) is 8.11. The van der Waals surface area contributed by atoms with Crippen molar-refractivity contribution in [3.63, 3.8) is 0 Å². The number of amides is 1. The lowest BCUT2D eigenvalue weighted by Crippen LogP contribution is -2.40. The number of sulfonamides is 1. The highest BCUT2D eigenvalue weighted by Gasteiger charge is 2.34. The topological polar surface area (TPSA) is 75.7 Å². The normalized spacial score (nSPS) is 16.1. The summed E-state index contributed by atoms with van der Waals surface area (Å²) in [5.41, 5.74) is 2.47. The zero-order chi connectivity index (χ0) is 22.9. The van der Waals surface area contributed by atoms with E-state index in [1.165, 1.54) is 18.1 Å². The van der Waals surface area contributed by atoms with Crippen molar-refractivity contribution in [2.24, 2.45) is 0 Å². The summed E-state index contributed by atoms with van der Waals surface area (Å²) in [5.74, 6) is -0.00701. The minimum atomic E-state index is -3.84. The molecule has 0 spiro atoms. The van der Waals surface area contributed by atoms with E-state index in [4.69, 9.17) is 4.74 Å². The number of carbonyl (C=O) groups is 1. The number of methoxy groups -OCH3 is 1. The number of nitrogens with one attached hydrogen (secondary N) is 1. The van der Waals surface area contributed by atoms with Gasteiger partial charge in [0.2, 0.25) is 10.0 Å². The number of hydrogen-bond donors (Lipinski definition) is 1. The van der Waals surface area contributed by atoms with Crippen LogP contribution in [-0.2, 0) is 16.4 Å². The largest absolute Gasteiger partial charge is 0.495 e. The van der Waals surface area contributed by atoms with Crippen molar-refractivity contribution in [1.29, 1.82) is 0 Å².